The lowest BCUT2D eigenvalue weighted by molar-refractivity contribution is 1.46. The molecular formula is C13H10Cl2. The van der Waals surface area contributed by atoms with Crippen LogP contribution in [-0.4, -0.2) is 0 Å². The van der Waals surface area contributed by atoms with E-state index < -0.39 is 0 Å². The average Bonchev–Trinajstić information content (AvgIpc) is 2.26. The summed E-state index contributed by atoms with van der Waals surface area (Å²) in [6.07, 6.45) is 0. The number of hydrogen-bond donors (Lipinski definition) is 0. The summed E-state index contributed by atoms with van der Waals surface area (Å²) < 4.78 is 0. The van der Waals surface area contributed by atoms with Crippen LogP contribution in [0.1, 0.15) is 5.56 Å². The molecule has 0 radical (unpaired) electrons. The van der Waals surface area contributed by atoms with Crippen LogP contribution >= 0.6 is 23.2 Å². The summed E-state index contributed by atoms with van der Waals surface area (Å²) in [7, 11) is 0. The Bertz CT molecular complexity index is 475. The van der Waals surface area contributed by atoms with Gasteiger partial charge in [-0.15, -0.1) is 0 Å². The van der Waals surface area contributed by atoms with Crippen molar-refractivity contribution in [3.63, 3.8) is 0 Å². The van der Waals surface area contributed by atoms with Crippen molar-refractivity contribution in [1.29, 1.82) is 0 Å². The number of benzene rings is 2. The highest BCUT2D eigenvalue weighted by atomic mass is 35.5. The van der Waals surface area contributed by atoms with Crippen molar-refractivity contribution in [3.05, 3.63) is 58.1 Å². The third kappa shape index (κ3) is 2.01. The van der Waals surface area contributed by atoms with E-state index in [1.807, 2.05) is 49.4 Å². The van der Waals surface area contributed by atoms with Gasteiger partial charge in [0.1, 0.15) is 0 Å². The molecule has 0 heterocycles. The fourth-order valence-corrected chi connectivity index (χ4v) is 2.08. The molecule has 0 N–H and O–H groups in total. The van der Waals surface area contributed by atoms with Gasteiger partial charge >= 0.3 is 0 Å². The van der Waals surface area contributed by atoms with Crippen molar-refractivity contribution in [2.75, 3.05) is 0 Å². The standard InChI is InChI=1S/C13H10Cl2/c1-9-11(14)7-8-12(15)13(9)10-5-3-2-4-6-10/h2-8H,1H3. The Morgan fingerprint density at radius 2 is 1.40 bits per heavy atom. The summed E-state index contributed by atoms with van der Waals surface area (Å²) in [6, 6.07) is 13.7. The summed E-state index contributed by atoms with van der Waals surface area (Å²) in [6.45, 7) is 1.98. The Morgan fingerprint density at radius 1 is 0.800 bits per heavy atom. The average molecular weight is 237 g/mol. The topological polar surface area (TPSA) is 0 Å². The molecule has 2 rings (SSSR count). The molecule has 0 spiro atoms. The molecule has 15 heavy (non-hydrogen) atoms. The minimum atomic E-state index is 0.739. The van der Waals surface area contributed by atoms with Gasteiger partial charge in [-0.05, 0) is 30.2 Å². The quantitative estimate of drug-likeness (QED) is 0.656. The lowest BCUT2D eigenvalue weighted by Gasteiger charge is -2.09. The Hall–Kier alpha value is -0.980. The molecule has 0 amide bonds. The van der Waals surface area contributed by atoms with Gasteiger partial charge in [0.15, 0.2) is 0 Å². The number of halogens is 2. The largest absolute Gasteiger partial charge is 0.0840 e. The smallest absolute Gasteiger partial charge is 0.0488 e. The van der Waals surface area contributed by atoms with Crippen LogP contribution in [0.3, 0.4) is 0 Å². The van der Waals surface area contributed by atoms with Gasteiger partial charge in [-0.25, -0.2) is 0 Å². The van der Waals surface area contributed by atoms with Crippen LogP contribution in [0, 0.1) is 6.92 Å². The molecule has 2 aromatic carbocycles. The van der Waals surface area contributed by atoms with Gasteiger partial charge in [-0.2, -0.15) is 0 Å². The van der Waals surface area contributed by atoms with Crippen LogP contribution in [0.15, 0.2) is 42.5 Å². The van der Waals surface area contributed by atoms with Crippen molar-refractivity contribution in [3.8, 4) is 11.1 Å². The fraction of sp³-hybridized carbons (Fsp3) is 0.0769. The molecular weight excluding hydrogens is 227 g/mol. The van der Waals surface area contributed by atoms with E-state index in [0.29, 0.717) is 0 Å². The monoisotopic (exact) mass is 236 g/mol. The zero-order valence-corrected chi connectivity index (χ0v) is 9.81. The summed E-state index contributed by atoms with van der Waals surface area (Å²) in [4.78, 5) is 0. The normalized spacial score (nSPS) is 10.3. The van der Waals surface area contributed by atoms with Gasteiger partial charge < -0.3 is 0 Å². The van der Waals surface area contributed by atoms with Crippen molar-refractivity contribution >= 4 is 23.2 Å². The molecule has 0 unspecified atom stereocenters. The Morgan fingerprint density at radius 3 is 2.07 bits per heavy atom. The molecule has 0 saturated carbocycles. The molecule has 0 atom stereocenters. The van der Waals surface area contributed by atoms with E-state index in [2.05, 4.69) is 0 Å². The molecule has 0 aliphatic carbocycles. The third-order valence-electron chi connectivity index (χ3n) is 2.41. The van der Waals surface area contributed by atoms with E-state index in [9.17, 15) is 0 Å². The third-order valence-corrected chi connectivity index (χ3v) is 3.13. The van der Waals surface area contributed by atoms with Gasteiger partial charge in [0, 0.05) is 15.6 Å². The molecule has 76 valence electrons. The SMILES string of the molecule is Cc1c(Cl)ccc(Cl)c1-c1ccccc1. The van der Waals surface area contributed by atoms with E-state index in [1.54, 1.807) is 0 Å². The first-order chi connectivity index (χ1) is 7.20. The van der Waals surface area contributed by atoms with E-state index in [4.69, 9.17) is 23.2 Å². The molecule has 0 nitrogen and oxygen atoms in total. The zero-order chi connectivity index (χ0) is 10.8. The second-order valence-electron chi connectivity index (χ2n) is 3.40. The van der Waals surface area contributed by atoms with Crippen molar-refractivity contribution in [2.45, 2.75) is 6.92 Å². The van der Waals surface area contributed by atoms with E-state index in [-0.39, 0.29) is 0 Å². The second kappa shape index (κ2) is 4.26. The summed E-state index contributed by atoms with van der Waals surface area (Å²) in [5, 5.41) is 1.49. The first-order valence-electron chi connectivity index (χ1n) is 4.70. The molecule has 2 heteroatoms. The highest BCUT2D eigenvalue weighted by Gasteiger charge is 2.08. The lowest BCUT2D eigenvalue weighted by Crippen LogP contribution is -1.85. The summed E-state index contributed by atoms with van der Waals surface area (Å²) in [5.41, 5.74) is 3.14. The van der Waals surface area contributed by atoms with E-state index >= 15 is 0 Å². The molecule has 0 aliphatic heterocycles. The van der Waals surface area contributed by atoms with Gasteiger partial charge in [0.25, 0.3) is 0 Å². The van der Waals surface area contributed by atoms with Gasteiger partial charge in [-0.1, -0.05) is 53.5 Å². The fourth-order valence-electron chi connectivity index (χ4n) is 1.61. The molecule has 0 aromatic heterocycles. The van der Waals surface area contributed by atoms with Gasteiger partial charge in [0.05, 0.1) is 0 Å². The summed E-state index contributed by atoms with van der Waals surface area (Å²) >= 11 is 12.3. The minimum absolute atomic E-state index is 0.739. The van der Waals surface area contributed by atoms with Crippen molar-refractivity contribution in [1.82, 2.24) is 0 Å². The van der Waals surface area contributed by atoms with Crippen LogP contribution in [-0.2, 0) is 0 Å². The second-order valence-corrected chi connectivity index (χ2v) is 4.21. The van der Waals surface area contributed by atoms with Crippen molar-refractivity contribution in [2.24, 2.45) is 0 Å². The maximum absolute atomic E-state index is 6.18. The molecule has 2 aromatic rings. The number of rotatable bonds is 1. The van der Waals surface area contributed by atoms with Gasteiger partial charge in [-0.3, -0.25) is 0 Å². The summed E-state index contributed by atoms with van der Waals surface area (Å²) in [5.74, 6) is 0. The van der Waals surface area contributed by atoms with Crippen LogP contribution in [0.4, 0.5) is 0 Å². The molecule has 0 fully saturated rings. The highest BCUT2D eigenvalue weighted by Crippen LogP contribution is 2.34. The number of hydrogen-bond acceptors (Lipinski definition) is 0. The van der Waals surface area contributed by atoms with Crippen molar-refractivity contribution < 1.29 is 0 Å². The Labute approximate surface area is 99.5 Å². The first-order valence-corrected chi connectivity index (χ1v) is 5.46. The Balaban J connectivity index is 2.68. The predicted octanol–water partition coefficient (Wildman–Crippen LogP) is 4.97. The minimum Gasteiger partial charge on any atom is -0.0840 e. The predicted molar refractivity (Wildman–Crippen MR) is 66.6 cm³/mol. The lowest BCUT2D eigenvalue weighted by atomic mass is 10.0. The van der Waals surface area contributed by atoms with Gasteiger partial charge in [0.2, 0.25) is 0 Å². The molecule has 0 aliphatic rings. The maximum Gasteiger partial charge on any atom is 0.0488 e. The van der Waals surface area contributed by atoms with E-state index in [0.717, 1.165) is 26.7 Å². The zero-order valence-electron chi connectivity index (χ0n) is 8.30. The molecule has 0 saturated heterocycles. The first kappa shape index (κ1) is 10.5. The Kier molecular flexibility index (Phi) is 2.99. The van der Waals surface area contributed by atoms with Crippen LogP contribution in [0.5, 0.6) is 0 Å². The van der Waals surface area contributed by atoms with E-state index in [1.165, 1.54) is 0 Å². The van der Waals surface area contributed by atoms with Crippen LogP contribution in [0.2, 0.25) is 10.0 Å². The van der Waals surface area contributed by atoms with Crippen LogP contribution < -0.4 is 0 Å². The maximum atomic E-state index is 6.18. The molecule has 0 bridgehead atoms. The highest BCUT2D eigenvalue weighted by molar-refractivity contribution is 6.36. The van der Waals surface area contributed by atoms with Crippen LogP contribution in [0.25, 0.3) is 11.1 Å².